The average Bonchev–Trinajstić information content (AvgIpc) is 1.63. The Bertz CT molecular complexity index is 74.6. The van der Waals surface area contributed by atoms with Gasteiger partial charge in [0, 0.05) is 0 Å². The van der Waals surface area contributed by atoms with Crippen LogP contribution in [0, 0.1) is 0 Å². The molecule has 1 unspecified atom stereocenters. The third kappa shape index (κ3) is 5.03. The van der Waals surface area contributed by atoms with Gasteiger partial charge < -0.3 is 0 Å². The van der Waals surface area contributed by atoms with Crippen LogP contribution in [0.15, 0.2) is 0 Å². The van der Waals surface area contributed by atoms with Crippen LogP contribution in [0.3, 0.4) is 0 Å². The molecule has 0 bridgehead atoms. The molecule has 0 aliphatic rings. The predicted molar refractivity (Wildman–Crippen MR) is 46.6 cm³/mol. The second kappa shape index (κ2) is 3.66. The van der Waals surface area contributed by atoms with Crippen LogP contribution in [0.1, 0.15) is 41.0 Å². The molecule has 0 spiro atoms. The summed E-state index contributed by atoms with van der Waals surface area (Å²) in [6.45, 7) is 11.8. The molecule has 0 radical (unpaired) electrons. The molecule has 0 saturated carbocycles. The van der Waals surface area contributed by atoms with E-state index in [9.17, 15) is 0 Å². The zero-order chi connectivity index (χ0) is 7.49. The standard InChI is InChI=1S/C8H19As/c1-6-8(4,5)9-7(2)3/h7,9H,6H2,1-5H3. The Labute approximate surface area is 66.1 Å². The van der Waals surface area contributed by atoms with E-state index in [4.69, 9.17) is 0 Å². The summed E-state index contributed by atoms with van der Waals surface area (Å²) < 4.78 is 1.66. The maximum atomic E-state index is 2.40. The summed E-state index contributed by atoms with van der Waals surface area (Å²) in [6, 6.07) is 0. The van der Waals surface area contributed by atoms with Crippen molar-refractivity contribution in [3.05, 3.63) is 0 Å². The van der Waals surface area contributed by atoms with Gasteiger partial charge in [0.25, 0.3) is 0 Å². The van der Waals surface area contributed by atoms with Gasteiger partial charge in [0.05, 0.1) is 0 Å². The molecule has 0 aliphatic heterocycles. The van der Waals surface area contributed by atoms with E-state index in [1.165, 1.54) is 6.42 Å². The van der Waals surface area contributed by atoms with Crippen LogP contribution in [0.5, 0.6) is 0 Å². The fraction of sp³-hybridized carbons (Fsp3) is 1.00. The molecule has 1 heteroatoms. The first-order valence-corrected chi connectivity index (χ1v) is 6.01. The van der Waals surface area contributed by atoms with E-state index < -0.39 is 0 Å². The second-order valence-electron chi connectivity index (χ2n) is 3.54. The van der Waals surface area contributed by atoms with E-state index in [1.54, 1.807) is 0 Å². The number of rotatable bonds is 3. The van der Waals surface area contributed by atoms with Crippen molar-refractivity contribution in [3.8, 4) is 0 Å². The van der Waals surface area contributed by atoms with E-state index in [-0.39, 0.29) is 0 Å². The topological polar surface area (TPSA) is 0 Å². The molecule has 0 heterocycles. The van der Waals surface area contributed by atoms with Gasteiger partial charge in [-0.05, 0) is 0 Å². The molecule has 0 amide bonds. The Kier molecular flexibility index (Phi) is 3.89. The Morgan fingerprint density at radius 2 is 1.78 bits per heavy atom. The minimum atomic E-state index is 0.292. The first-order chi connectivity index (χ1) is 3.98. The zero-order valence-electron chi connectivity index (χ0n) is 7.28. The molecule has 0 saturated heterocycles. The van der Waals surface area contributed by atoms with Crippen LogP contribution in [-0.2, 0) is 0 Å². The molecular weight excluding hydrogens is 171 g/mol. The van der Waals surface area contributed by atoms with Crippen molar-refractivity contribution in [2.24, 2.45) is 0 Å². The third-order valence-corrected chi connectivity index (χ3v) is 5.16. The maximum absolute atomic E-state index is 2.40. The van der Waals surface area contributed by atoms with Crippen LogP contribution in [-0.4, -0.2) is 15.8 Å². The summed E-state index contributed by atoms with van der Waals surface area (Å²) in [5.74, 6) is 0. The van der Waals surface area contributed by atoms with E-state index >= 15 is 0 Å². The van der Waals surface area contributed by atoms with Gasteiger partial charge >= 0.3 is 65.7 Å². The van der Waals surface area contributed by atoms with Crippen molar-refractivity contribution in [1.82, 2.24) is 0 Å². The normalized spacial score (nSPS) is 14.0. The van der Waals surface area contributed by atoms with Crippen molar-refractivity contribution in [3.63, 3.8) is 0 Å². The average molecular weight is 190 g/mol. The molecule has 0 aromatic carbocycles. The molecule has 0 aliphatic carbocycles. The number of hydrogen-bond donors (Lipinski definition) is 0. The van der Waals surface area contributed by atoms with Gasteiger partial charge in [0.2, 0.25) is 0 Å². The molecule has 0 nitrogen and oxygen atoms in total. The molecular formula is C8H19As. The Hall–Kier alpha value is 0.558. The Balaban J connectivity index is 3.58. The minimum absolute atomic E-state index is 0.292. The quantitative estimate of drug-likeness (QED) is 0.600. The monoisotopic (exact) mass is 190 g/mol. The van der Waals surface area contributed by atoms with Gasteiger partial charge in [-0.2, -0.15) is 0 Å². The molecule has 0 fully saturated rings. The summed E-state index contributed by atoms with van der Waals surface area (Å²) in [5.41, 5.74) is 0. The summed E-state index contributed by atoms with van der Waals surface area (Å²) in [4.78, 5) is 0. The van der Waals surface area contributed by atoms with Crippen molar-refractivity contribution >= 4 is 15.8 Å². The van der Waals surface area contributed by atoms with E-state index in [2.05, 4.69) is 34.6 Å². The fourth-order valence-corrected chi connectivity index (χ4v) is 4.59. The van der Waals surface area contributed by atoms with Gasteiger partial charge in [0.1, 0.15) is 0 Å². The van der Waals surface area contributed by atoms with Crippen molar-refractivity contribution in [2.45, 2.75) is 49.9 Å². The Morgan fingerprint density at radius 1 is 1.33 bits per heavy atom. The van der Waals surface area contributed by atoms with Crippen molar-refractivity contribution in [2.75, 3.05) is 0 Å². The van der Waals surface area contributed by atoms with E-state index in [0.717, 1.165) is 4.71 Å². The molecule has 56 valence electrons. The molecule has 0 aromatic rings. The van der Waals surface area contributed by atoms with Crippen LogP contribution in [0.2, 0.25) is 8.91 Å². The van der Waals surface area contributed by atoms with Crippen LogP contribution in [0.25, 0.3) is 0 Å². The summed E-state index contributed by atoms with van der Waals surface area (Å²) in [5, 5.41) is 0. The molecule has 0 rings (SSSR count). The summed E-state index contributed by atoms with van der Waals surface area (Å²) in [7, 11) is 0. The summed E-state index contributed by atoms with van der Waals surface area (Å²) >= 11 is 0.292. The van der Waals surface area contributed by atoms with Crippen molar-refractivity contribution < 1.29 is 0 Å². The molecule has 0 aromatic heterocycles. The Morgan fingerprint density at radius 3 is 1.89 bits per heavy atom. The SMILES string of the molecule is CCC(C)(C)[AsH]C(C)C. The third-order valence-electron chi connectivity index (χ3n) is 1.56. The van der Waals surface area contributed by atoms with Crippen LogP contribution >= 0.6 is 0 Å². The molecule has 1 atom stereocenters. The second-order valence-corrected chi connectivity index (χ2v) is 9.40. The molecule has 9 heavy (non-hydrogen) atoms. The summed E-state index contributed by atoms with van der Waals surface area (Å²) in [6.07, 6.45) is 1.35. The van der Waals surface area contributed by atoms with Gasteiger partial charge in [-0.3, -0.25) is 0 Å². The van der Waals surface area contributed by atoms with E-state index in [0.29, 0.717) is 20.0 Å². The van der Waals surface area contributed by atoms with E-state index in [1.807, 2.05) is 0 Å². The number of hydrogen-bond acceptors (Lipinski definition) is 0. The molecule has 0 N–H and O–H groups in total. The van der Waals surface area contributed by atoms with Gasteiger partial charge in [-0.1, -0.05) is 0 Å². The van der Waals surface area contributed by atoms with Crippen LogP contribution in [0.4, 0.5) is 0 Å². The van der Waals surface area contributed by atoms with Crippen LogP contribution < -0.4 is 0 Å². The fourth-order valence-electron chi connectivity index (χ4n) is 0.884. The predicted octanol–water partition coefficient (Wildman–Crippen LogP) is 2.86. The zero-order valence-corrected chi connectivity index (χ0v) is 9.38. The van der Waals surface area contributed by atoms with Gasteiger partial charge in [-0.25, -0.2) is 0 Å². The van der Waals surface area contributed by atoms with Crippen molar-refractivity contribution in [1.29, 1.82) is 0 Å². The first-order valence-electron chi connectivity index (χ1n) is 3.75. The van der Waals surface area contributed by atoms with Gasteiger partial charge in [-0.15, -0.1) is 0 Å². The van der Waals surface area contributed by atoms with Gasteiger partial charge in [0.15, 0.2) is 0 Å². The first kappa shape index (κ1) is 9.56.